The molecule has 0 aliphatic rings. The van der Waals surface area contributed by atoms with Gasteiger partial charge in [0.15, 0.2) is 0 Å². The predicted molar refractivity (Wildman–Crippen MR) is 91.8 cm³/mol. The first-order chi connectivity index (χ1) is 11.8. The molecular formula is C18H14ClF3N2O. The van der Waals surface area contributed by atoms with Crippen LogP contribution in [0.15, 0.2) is 42.5 Å². The maximum atomic E-state index is 13.0. The third-order valence-corrected chi connectivity index (χ3v) is 4.16. The van der Waals surface area contributed by atoms with Crippen molar-refractivity contribution in [2.24, 2.45) is 0 Å². The quantitative estimate of drug-likeness (QED) is 0.646. The Hall–Kier alpha value is -2.47. The monoisotopic (exact) mass is 366 g/mol. The highest BCUT2D eigenvalue weighted by Crippen LogP contribution is 2.34. The van der Waals surface area contributed by atoms with Crippen LogP contribution >= 0.6 is 11.6 Å². The van der Waals surface area contributed by atoms with Gasteiger partial charge in [0, 0.05) is 21.6 Å². The van der Waals surface area contributed by atoms with Gasteiger partial charge in [-0.15, -0.1) is 0 Å². The van der Waals surface area contributed by atoms with Gasteiger partial charge in [-0.05, 0) is 42.8 Å². The highest BCUT2D eigenvalue weighted by Gasteiger charge is 2.33. The molecule has 25 heavy (non-hydrogen) atoms. The Bertz CT molecular complexity index is 947. The van der Waals surface area contributed by atoms with Crippen molar-refractivity contribution in [2.45, 2.75) is 19.5 Å². The fraction of sp³-hybridized carbons (Fsp3) is 0.167. The third-order valence-electron chi connectivity index (χ3n) is 3.93. The summed E-state index contributed by atoms with van der Waals surface area (Å²) in [5.74, 6) is -0.527. The number of nitrogens with one attached hydrogen (secondary N) is 2. The first-order valence-corrected chi connectivity index (χ1v) is 7.86. The van der Waals surface area contributed by atoms with Crippen molar-refractivity contribution in [3.05, 3.63) is 64.3 Å². The number of carbonyl (C=O) groups excluding carboxylic acids is 1. The number of amides is 1. The lowest BCUT2D eigenvalue weighted by Crippen LogP contribution is -2.18. The number of fused-ring (bicyclic) bond motifs is 1. The number of halogens is 4. The highest BCUT2D eigenvalue weighted by molar-refractivity contribution is 6.31. The van der Waals surface area contributed by atoms with Crippen LogP contribution in [0, 0.1) is 6.92 Å². The smallest absolute Gasteiger partial charge is 0.358 e. The summed E-state index contributed by atoms with van der Waals surface area (Å²) < 4.78 is 39.1. The van der Waals surface area contributed by atoms with Gasteiger partial charge in [0.2, 0.25) is 5.91 Å². The van der Waals surface area contributed by atoms with Crippen LogP contribution in [0.3, 0.4) is 0 Å². The number of hydrogen-bond acceptors (Lipinski definition) is 1. The van der Waals surface area contributed by atoms with Crippen molar-refractivity contribution >= 4 is 34.1 Å². The summed E-state index contributed by atoms with van der Waals surface area (Å²) in [4.78, 5) is 15.5. The molecule has 1 aromatic heterocycles. The first kappa shape index (κ1) is 17.4. The van der Waals surface area contributed by atoms with Crippen LogP contribution < -0.4 is 5.32 Å². The third kappa shape index (κ3) is 3.64. The Labute approximate surface area is 146 Å². The number of para-hydroxylation sites is 1. The summed E-state index contributed by atoms with van der Waals surface area (Å²) in [6, 6.07) is 10.2. The Morgan fingerprint density at radius 3 is 2.64 bits per heavy atom. The van der Waals surface area contributed by atoms with E-state index in [4.69, 9.17) is 11.6 Å². The van der Waals surface area contributed by atoms with Gasteiger partial charge < -0.3 is 10.3 Å². The first-order valence-electron chi connectivity index (χ1n) is 7.48. The molecule has 2 N–H and O–H groups in total. The minimum Gasteiger partial charge on any atom is -0.358 e. The van der Waals surface area contributed by atoms with E-state index >= 15 is 0 Å². The molecule has 0 aliphatic heterocycles. The summed E-state index contributed by atoms with van der Waals surface area (Å²) in [6.07, 6.45) is -4.59. The molecule has 7 heteroatoms. The molecule has 0 saturated carbocycles. The van der Waals surface area contributed by atoms with Gasteiger partial charge in [0.05, 0.1) is 17.7 Å². The fourth-order valence-electron chi connectivity index (χ4n) is 2.78. The van der Waals surface area contributed by atoms with E-state index in [0.717, 1.165) is 22.7 Å². The number of carbonyl (C=O) groups is 1. The zero-order valence-corrected chi connectivity index (χ0v) is 13.9. The number of alkyl halides is 3. The second-order valence-corrected chi connectivity index (χ2v) is 6.12. The number of H-pyrrole nitrogens is 1. The molecule has 0 bridgehead atoms. The standard InChI is InChI=1S/C18H14ClF3N2O/c1-10-12(13-8-11(19)6-7-15(13)23-10)9-17(25)24-16-5-3-2-4-14(16)18(20,21)22/h2-8,23H,9H2,1H3,(H,24,25). The average Bonchev–Trinajstić information content (AvgIpc) is 2.82. The second kappa shape index (κ2) is 6.44. The van der Waals surface area contributed by atoms with Gasteiger partial charge in [0.1, 0.15) is 0 Å². The number of anilines is 1. The molecular weight excluding hydrogens is 353 g/mol. The summed E-state index contributed by atoms with van der Waals surface area (Å²) in [6.45, 7) is 1.81. The largest absolute Gasteiger partial charge is 0.418 e. The van der Waals surface area contributed by atoms with Crippen molar-refractivity contribution in [1.29, 1.82) is 0 Å². The molecule has 3 aromatic rings. The van der Waals surface area contributed by atoms with Gasteiger partial charge in [-0.2, -0.15) is 13.2 Å². The molecule has 0 unspecified atom stereocenters. The molecule has 0 fully saturated rings. The normalized spacial score (nSPS) is 11.7. The molecule has 0 saturated heterocycles. The van der Waals surface area contributed by atoms with E-state index in [1.54, 1.807) is 25.1 Å². The molecule has 0 atom stereocenters. The lowest BCUT2D eigenvalue weighted by atomic mass is 10.1. The highest BCUT2D eigenvalue weighted by atomic mass is 35.5. The Morgan fingerprint density at radius 1 is 1.20 bits per heavy atom. The van der Waals surface area contributed by atoms with Crippen LogP contribution in [0.5, 0.6) is 0 Å². The fourth-order valence-corrected chi connectivity index (χ4v) is 2.95. The zero-order valence-electron chi connectivity index (χ0n) is 13.2. The summed E-state index contributed by atoms with van der Waals surface area (Å²) in [5, 5.41) is 3.66. The molecule has 0 radical (unpaired) electrons. The molecule has 2 aromatic carbocycles. The van der Waals surface area contributed by atoms with Crippen LogP contribution in [0.1, 0.15) is 16.8 Å². The molecule has 3 rings (SSSR count). The van der Waals surface area contributed by atoms with Crippen LogP contribution in [0.2, 0.25) is 5.02 Å². The van der Waals surface area contributed by atoms with E-state index in [-0.39, 0.29) is 12.1 Å². The van der Waals surface area contributed by atoms with Gasteiger partial charge >= 0.3 is 6.18 Å². The topological polar surface area (TPSA) is 44.9 Å². The van der Waals surface area contributed by atoms with E-state index < -0.39 is 17.6 Å². The van der Waals surface area contributed by atoms with Gasteiger partial charge in [-0.3, -0.25) is 4.79 Å². The molecule has 3 nitrogen and oxygen atoms in total. The van der Waals surface area contributed by atoms with E-state index in [1.807, 2.05) is 0 Å². The molecule has 1 heterocycles. The maximum absolute atomic E-state index is 13.0. The van der Waals surface area contributed by atoms with Crippen molar-refractivity contribution in [1.82, 2.24) is 4.98 Å². The van der Waals surface area contributed by atoms with Gasteiger partial charge in [-0.1, -0.05) is 23.7 Å². The predicted octanol–water partition coefficient (Wildman–Crippen LogP) is 5.33. The van der Waals surface area contributed by atoms with Gasteiger partial charge in [0.25, 0.3) is 0 Å². The minimum absolute atomic E-state index is 0.0572. The minimum atomic E-state index is -4.53. The number of aryl methyl sites for hydroxylation is 1. The number of aromatic amines is 1. The summed E-state index contributed by atoms with van der Waals surface area (Å²) in [7, 11) is 0. The maximum Gasteiger partial charge on any atom is 0.418 e. The molecule has 0 aliphatic carbocycles. The van der Waals surface area contributed by atoms with Crippen molar-refractivity contribution in [2.75, 3.05) is 5.32 Å². The Morgan fingerprint density at radius 2 is 1.92 bits per heavy atom. The summed E-state index contributed by atoms with van der Waals surface area (Å²) >= 11 is 6.00. The van der Waals surface area contributed by atoms with Gasteiger partial charge in [-0.25, -0.2) is 0 Å². The van der Waals surface area contributed by atoms with Crippen LogP contribution in [-0.2, 0) is 17.4 Å². The van der Waals surface area contributed by atoms with E-state index in [0.29, 0.717) is 10.6 Å². The summed E-state index contributed by atoms with van der Waals surface area (Å²) in [5.41, 5.74) is 1.17. The number of aromatic nitrogens is 1. The van der Waals surface area contributed by atoms with Crippen molar-refractivity contribution in [3.63, 3.8) is 0 Å². The Balaban J connectivity index is 1.88. The lowest BCUT2D eigenvalue weighted by molar-refractivity contribution is -0.137. The second-order valence-electron chi connectivity index (χ2n) is 5.69. The van der Waals surface area contributed by atoms with Crippen molar-refractivity contribution < 1.29 is 18.0 Å². The molecule has 130 valence electrons. The number of benzene rings is 2. The van der Waals surface area contributed by atoms with Crippen LogP contribution in [-0.4, -0.2) is 10.9 Å². The van der Waals surface area contributed by atoms with E-state index in [9.17, 15) is 18.0 Å². The van der Waals surface area contributed by atoms with Crippen LogP contribution in [0.25, 0.3) is 10.9 Å². The zero-order chi connectivity index (χ0) is 18.2. The Kier molecular flexibility index (Phi) is 4.47. The molecule has 0 spiro atoms. The molecule has 1 amide bonds. The SMILES string of the molecule is Cc1[nH]c2ccc(Cl)cc2c1CC(=O)Nc1ccccc1C(F)(F)F. The number of hydrogen-bond donors (Lipinski definition) is 2. The van der Waals surface area contributed by atoms with E-state index in [1.165, 1.54) is 18.2 Å². The van der Waals surface area contributed by atoms with E-state index in [2.05, 4.69) is 10.3 Å². The van der Waals surface area contributed by atoms with Crippen LogP contribution in [0.4, 0.5) is 18.9 Å². The average molecular weight is 367 g/mol. The lowest BCUT2D eigenvalue weighted by Gasteiger charge is -2.13. The van der Waals surface area contributed by atoms with Crippen molar-refractivity contribution in [3.8, 4) is 0 Å². The number of rotatable bonds is 3.